The quantitative estimate of drug-likeness (QED) is 0.712. The van der Waals surface area contributed by atoms with E-state index in [1.807, 2.05) is 12.1 Å². The monoisotopic (exact) mass is 307 g/mol. The molecule has 4 nitrogen and oxygen atoms in total. The Bertz CT molecular complexity index is 424. The maximum absolute atomic E-state index is 11.9. The van der Waals surface area contributed by atoms with Crippen molar-refractivity contribution < 1.29 is 27.4 Å². The van der Waals surface area contributed by atoms with Gasteiger partial charge in [-0.15, -0.1) is 0 Å². The third-order valence-electron chi connectivity index (χ3n) is 2.64. The number of hydrogen-bond acceptors (Lipinski definition) is 4. The van der Waals surface area contributed by atoms with Crippen LogP contribution in [0.4, 0.5) is 13.2 Å². The molecule has 0 atom stereocenters. The van der Waals surface area contributed by atoms with E-state index >= 15 is 0 Å². The summed E-state index contributed by atoms with van der Waals surface area (Å²) in [5, 5.41) is 0. The minimum absolute atomic E-state index is 0.0130. The summed E-state index contributed by atoms with van der Waals surface area (Å²) >= 11 is 0. The van der Waals surface area contributed by atoms with Gasteiger partial charge < -0.3 is 19.9 Å². The predicted molar refractivity (Wildman–Crippen MR) is 72.7 cm³/mol. The van der Waals surface area contributed by atoms with Gasteiger partial charge in [0.25, 0.3) is 0 Å². The van der Waals surface area contributed by atoms with Crippen LogP contribution in [0.5, 0.6) is 11.5 Å². The second kappa shape index (κ2) is 8.74. The normalized spacial score (nSPS) is 11.5. The van der Waals surface area contributed by atoms with Gasteiger partial charge in [-0.3, -0.25) is 0 Å². The summed E-state index contributed by atoms with van der Waals surface area (Å²) in [6.07, 6.45) is -3.30. The first-order valence-electron chi connectivity index (χ1n) is 6.61. The molecule has 0 bridgehead atoms. The van der Waals surface area contributed by atoms with E-state index in [1.54, 1.807) is 6.07 Å². The van der Waals surface area contributed by atoms with Gasteiger partial charge in [0.15, 0.2) is 11.5 Å². The van der Waals surface area contributed by atoms with Crippen molar-refractivity contribution in [3.8, 4) is 11.5 Å². The maximum Gasteiger partial charge on any atom is 0.411 e. The standard InChI is InChI=1S/C14H20F3NO3/c1-19-12-5-2-4-11(6-7-18)13(12)21-9-3-8-20-10-14(15,16)17/h2,4-5H,3,6-10,18H2,1H3. The fourth-order valence-corrected chi connectivity index (χ4v) is 1.76. The molecule has 1 rings (SSSR count). The Hall–Kier alpha value is -1.47. The zero-order valence-corrected chi connectivity index (χ0v) is 11.9. The second-order valence-electron chi connectivity index (χ2n) is 4.36. The lowest BCUT2D eigenvalue weighted by atomic mass is 10.1. The minimum atomic E-state index is -4.29. The zero-order chi connectivity index (χ0) is 15.7. The lowest BCUT2D eigenvalue weighted by Gasteiger charge is -2.15. The number of alkyl halides is 3. The molecule has 0 saturated carbocycles. The van der Waals surface area contributed by atoms with Crippen LogP contribution in [-0.4, -0.2) is 39.7 Å². The summed E-state index contributed by atoms with van der Waals surface area (Å²) in [4.78, 5) is 0. The van der Waals surface area contributed by atoms with E-state index in [4.69, 9.17) is 15.2 Å². The lowest BCUT2D eigenvalue weighted by Crippen LogP contribution is -2.18. The molecule has 1 aromatic carbocycles. The van der Waals surface area contributed by atoms with Gasteiger partial charge in [-0.05, 0) is 24.6 Å². The van der Waals surface area contributed by atoms with Gasteiger partial charge in [-0.2, -0.15) is 13.2 Å². The first-order valence-corrected chi connectivity index (χ1v) is 6.61. The van der Waals surface area contributed by atoms with Gasteiger partial charge in [-0.1, -0.05) is 12.1 Å². The first kappa shape index (κ1) is 17.6. The second-order valence-corrected chi connectivity index (χ2v) is 4.36. The molecule has 0 unspecified atom stereocenters. The van der Waals surface area contributed by atoms with Gasteiger partial charge in [0, 0.05) is 6.42 Å². The molecule has 0 aliphatic rings. The average molecular weight is 307 g/mol. The van der Waals surface area contributed by atoms with Crippen molar-refractivity contribution in [3.63, 3.8) is 0 Å². The Labute approximate surface area is 122 Å². The van der Waals surface area contributed by atoms with E-state index in [0.29, 0.717) is 30.9 Å². The van der Waals surface area contributed by atoms with Crippen LogP contribution in [0.1, 0.15) is 12.0 Å². The van der Waals surface area contributed by atoms with Gasteiger partial charge >= 0.3 is 6.18 Å². The number of ether oxygens (including phenoxy) is 3. The summed E-state index contributed by atoms with van der Waals surface area (Å²) in [5.41, 5.74) is 6.44. The summed E-state index contributed by atoms with van der Waals surface area (Å²) in [6, 6.07) is 5.48. The molecule has 0 aliphatic carbocycles. The summed E-state index contributed by atoms with van der Waals surface area (Å²) < 4.78 is 51.0. The average Bonchev–Trinajstić information content (AvgIpc) is 2.42. The maximum atomic E-state index is 11.9. The van der Waals surface area contributed by atoms with E-state index in [9.17, 15) is 13.2 Å². The molecule has 0 saturated heterocycles. The first-order chi connectivity index (χ1) is 9.98. The fourth-order valence-electron chi connectivity index (χ4n) is 1.76. The molecule has 0 aliphatic heterocycles. The van der Waals surface area contributed by atoms with Crippen LogP contribution in [0.15, 0.2) is 18.2 Å². The summed E-state index contributed by atoms with van der Waals surface area (Å²) in [6.45, 7) is -0.533. The molecule has 0 amide bonds. The smallest absolute Gasteiger partial charge is 0.411 e. The molecule has 21 heavy (non-hydrogen) atoms. The lowest BCUT2D eigenvalue weighted by molar-refractivity contribution is -0.174. The topological polar surface area (TPSA) is 53.7 Å². The number of para-hydroxylation sites is 1. The third kappa shape index (κ3) is 6.68. The van der Waals surface area contributed by atoms with Crippen LogP contribution in [-0.2, 0) is 11.2 Å². The van der Waals surface area contributed by atoms with E-state index < -0.39 is 12.8 Å². The van der Waals surface area contributed by atoms with Crippen molar-refractivity contribution in [2.75, 3.05) is 33.5 Å². The molecule has 0 aromatic heterocycles. The molecule has 2 N–H and O–H groups in total. The van der Waals surface area contributed by atoms with E-state index in [-0.39, 0.29) is 13.2 Å². The van der Waals surface area contributed by atoms with Gasteiger partial charge in [0.1, 0.15) is 6.61 Å². The molecule has 7 heteroatoms. The predicted octanol–water partition coefficient (Wildman–Crippen LogP) is 2.54. The highest BCUT2D eigenvalue weighted by molar-refractivity contribution is 5.46. The molecule has 120 valence electrons. The summed E-state index contributed by atoms with van der Waals surface area (Å²) in [7, 11) is 1.53. The Morgan fingerprint density at radius 2 is 1.95 bits per heavy atom. The van der Waals surface area contributed by atoms with Gasteiger partial charge in [0.05, 0.1) is 20.3 Å². The van der Waals surface area contributed by atoms with Crippen LogP contribution in [0.3, 0.4) is 0 Å². The molecule has 1 aromatic rings. The van der Waals surface area contributed by atoms with Crippen molar-refractivity contribution in [2.24, 2.45) is 5.73 Å². The highest BCUT2D eigenvalue weighted by atomic mass is 19.4. The molecular weight excluding hydrogens is 287 g/mol. The molecule has 0 fully saturated rings. The van der Waals surface area contributed by atoms with Crippen LogP contribution >= 0.6 is 0 Å². The van der Waals surface area contributed by atoms with Crippen molar-refractivity contribution in [3.05, 3.63) is 23.8 Å². The van der Waals surface area contributed by atoms with Gasteiger partial charge in [-0.25, -0.2) is 0 Å². The number of rotatable bonds is 9. The van der Waals surface area contributed by atoms with Crippen LogP contribution in [0, 0.1) is 0 Å². The highest BCUT2D eigenvalue weighted by Crippen LogP contribution is 2.31. The van der Waals surface area contributed by atoms with E-state index in [0.717, 1.165) is 5.56 Å². The Balaban J connectivity index is 2.43. The number of benzene rings is 1. The summed E-state index contributed by atoms with van der Waals surface area (Å²) in [5.74, 6) is 1.17. The highest BCUT2D eigenvalue weighted by Gasteiger charge is 2.27. The Morgan fingerprint density at radius 1 is 1.19 bits per heavy atom. The van der Waals surface area contributed by atoms with Crippen molar-refractivity contribution in [1.29, 1.82) is 0 Å². The van der Waals surface area contributed by atoms with Crippen molar-refractivity contribution in [1.82, 2.24) is 0 Å². The van der Waals surface area contributed by atoms with E-state index in [1.165, 1.54) is 7.11 Å². The Morgan fingerprint density at radius 3 is 2.57 bits per heavy atom. The minimum Gasteiger partial charge on any atom is -0.493 e. The van der Waals surface area contributed by atoms with Crippen LogP contribution in [0.2, 0.25) is 0 Å². The molecule has 0 heterocycles. The van der Waals surface area contributed by atoms with E-state index in [2.05, 4.69) is 4.74 Å². The number of halogens is 3. The number of nitrogens with two attached hydrogens (primary N) is 1. The largest absolute Gasteiger partial charge is 0.493 e. The van der Waals surface area contributed by atoms with Crippen LogP contribution in [0.25, 0.3) is 0 Å². The van der Waals surface area contributed by atoms with Crippen LogP contribution < -0.4 is 15.2 Å². The number of hydrogen-bond donors (Lipinski definition) is 1. The van der Waals surface area contributed by atoms with Crippen molar-refractivity contribution >= 4 is 0 Å². The fraction of sp³-hybridized carbons (Fsp3) is 0.571. The van der Waals surface area contributed by atoms with Gasteiger partial charge in [0.2, 0.25) is 0 Å². The third-order valence-corrected chi connectivity index (χ3v) is 2.64. The molecule has 0 radical (unpaired) electrons. The Kier molecular flexibility index (Phi) is 7.31. The molecule has 0 spiro atoms. The number of methoxy groups -OCH3 is 1. The molecular formula is C14H20F3NO3. The zero-order valence-electron chi connectivity index (χ0n) is 11.9. The van der Waals surface area contributed by atoms with Crippen molar-refractivity contribution in [2.45, 2.75) is 19.0 Å². The SMILES string of the molecule is COc1cccc(CCN)c1OCCCOCC(F)(F)F.